The summed E-state index contributed by atoms with van der Waals surface area (Å²) in [5.74, 6) is 0. The lowest BCUT2D eigenvalue weighted by Gasteiger charge is -2.34. The van der Waals surface area contributed by atoms with Crippen molar-refractivity contribution in [1.82, 2.24) is 4.90 Å². The Kier molecular flexibility index (Phi) is 3.85. The fraction of sp³-hybridized carbons (Fsp3) is 0.529. The van der Waals surface area contributed by atoms with E-state index in [1.807, 2.05) is 11.3 Å². The lowest BCUT2D eigenvalue weighted by Crippen LogP contribution is -2.32. The van der Waals surface area contributed by atoms with Gasteiger partial charge >= 0.3 is 0 Å². The van der Waals surface area contributed by atoms with Gasteiger partial charge in [0.15, 0.2) is 0 Å². The zero-order valence-electron chi connectivity index (χ0n) is 12.6. The van der Waals surface area contributed by atoms with E-state index in [1.54, 1.807) is 0 Å². The molecule has 0 spiro atoms. The van der Waals surface area contributed by atoms with Crippen molar-refractivity contribution in [1.29, 1.82) is 0 Å². The summed E-state index contributed by atoms with van der Waals surface area (Å²) in [4.78, 5) is 3.71. The third kappa shape index (κ3) is 2.50. The molecule has 1 aromatic heterocycles. The van der Waals surface area contributed by atoms with Crippen molar-refractivity contribution in [2.45, 2.75) is 31.8 Å². The fourth-order valence-corrected chi connectivity index (χ4v) is 4.52. The molecule has 1 aromatic carbocycles. The van der Waals surface area contributed by atoms with Crippen LogP contribution in [0.15, 0.2) is 24.3 Å². The molecule has 0 saturated carbocycles. The Morgan fingerprint density at radius 2 is 2.10 bits per heavy atom. The number of ether oxygens (including phenoxy) is 1. The van der Waals surface area contributed by atoms with E-state index in [9.17, 15) is 0 Å². The van der Waals surface area contributed by atoms with E-state index in [1.165, 1.54) is 26.9 Å². The summed E-state index contributed by atoms with van der Waals surface area (Å²) in [6, 6.07) is 8.78. The zero-order valence-corrected chi connectivity index (χ0v) is 13.4. The molecule has 108 valence electrons. The monoisotopic (exact) mass is 289 g/mol. The Hall–Kier alpha value is -0.900. The number of fused-ring (bicyclic) bond motifs is 3. The van der Waals surface area contributed by atoms with Crippen LogP contribution in [0.25, 0.3) is 10.1 Å². The summed E-state index contributed by atoms with van der Waals surface area (Å²) in [5, 5.41) is 1.44. The average Bonchev–Trinajstić information content (AvgIpc) is 2.79. The number of thiophene rings is 1. The molecule has 0 amide bonds. The van der Waals surface area contributed by atoms with Gasteiger partial charge in [0.25, 0.3) is 0 Å². The Balaban J connectivity index is 1.92. The Morgan fingerprint density at radius 1 is 1.30 bits per heavy atom. The predicted octanol–water partition coefficient (Wildman–Crippen LogP) is 4.03. The summed E-state index contributed by atoms with van der Waals surface area (Å²) in [5.41, 5.74) is 1.44. The first-order chi connectivity index (χ1) is 9.60. The number of benzene rings is 1. The maximum absolute atomic E-state index is 6.20. The molecule has 1 aliphatic heterocycles. The molecule has 20 heavy (non-hydrogen) atoms. The number of hydrogen-bond donors (Lipinski definition) is 0. The van der Waals surface area contributed by atoms with Crippen LogP contribution >= 0.6 is 11.3 Å². The molecule has 0 saturated heterocycles. The summed E-state index contributed by atoms with van der Waals surface area (Å²) >= 11 is 1.93. The predicted molar refractivity (Wildman–Crippen MR) is 86.6 cm³/mol. The second kappa shape index (κ2) is 5.47. The van der Waals surface area contributed by atoms with E-state index in [2.05, 4.69) is 50.2 Å². The van der Waals surface area contributed by atoms with Crippen molar-refractivity contribution in [2.24, 2.45) is 0 Å². The normalized spacial score (nSPS) is 22.4. The lowest BCUT2D eigenvalue weighted by molar-refractivity contribution is -0.0507. The van der Waals surface area contributed by atoms with E-state index >= 15 is 0 Å². The van der Waals surface area contributed by atoms with Gasteiger partial charge in [0, 0.05) is 9.58 Å². The van der Waals surface area contributed by atoms with Gasteiger partial charge in [0.05, 0.1) is 12.2 Å². The SMILES string of the molecule is CN(C)CCCC1(C)OCCc2c1sc1ccccc21. The molecule has 0 aliphatic carbocycles. The van der Waals surface area contributed by atoms with Crippen molar-refractivity contribution in [3.05, 3.63) is 34.7 Å². The minimum absolute atomic E-state index is 0.0900. The molecule has 2 aromatic rings. The van der Waals surface area contributed by atoms with Crippen molar-refractivity contribution in [3.63, 3.8) is 0 Å². The van der Waals surface area contributed by atoms with Crippen molar-refractivity contribution >= 4 is 21.4 Å². The third-order valence-corrected chi connectivity index (χ3v) is 5.67. The van der Waals surface area contributed by atoms with Gasteiger partial charge in [-0.1, -0.05) is 18.2 Å². The highest BCUT2D eigenvalue weighted by Gasteiger charge is 2.35. The van der Waals surface area contributed by atoms with Crippen LogP contribution in [0.4, 0.5) is 0 Å². The second-order valence-electron chi connectivity index (χ2n) is 6.14. The Bertz CT molecular complexity index is 604. The minimum Gasteiger partial charge on any atom is -0.369 e. The minimum atomic E-state index is -0.0900. The van der Waals surface area contributed by atoms with E-state index in [0.717, 1.165) is 26.0 Å². The van der Waals surface area contributed by atoms with Crippen LogP contribution < -0.4 is 0 Å². The van der Waals surface area contributed by atoms with Gasteiger partial charge in [-0.15, -0.1) is 11.3 Å². The van der Waals surface area contributed by atoms with Crippen LogP contribution in [-0.2, 0) is 16.8 Å². The average molecular weight is 289 g/mol. The molecule has 0 bridgehead atoms. The lowest BCUT2D eigenvalue weighted by atomic mass is 9.90. The topological polar surface area (TPSA) is 12.5 Å². The molecule has 1 aliphatic rings. The smallest absolute Gasteiger partial charge is 0.0998 e. The highest BCUT2D eigenvalue weighted by molar-refractivity contribution is 7.19. The molecule has 3 heteroatoms. The highest BCUT2D eigenvalue weighted by Crippen LogP contribution is 2.45. The van der Waals surface area contributed by atoms with E-state index < -0.39 is 0 Å². The van der Waals surface area contributed by atoms with Gasteiger partial charge in [-0.2, -0.15) is 0 Å². The molecule has 0 fully saturated rings. The van der Waals surface area contributed by atoms with Gasteiger partial charge in [-0.3, -0.25) is 0 Å². The molecule has 0 radical (unpaired) electrons. The Labute approximate surface area is 125 Å². The van der Waals surface area contributed by atoms with Crippen LogP contribution in [0.1, 0.15) is 30.2 Å². The van der Waals surface area contributed by atoms with Gasteiger partial charge < -0.3 is 9.64 Å². The van der Waals surface area contributed by atoms with Crippen LogP contribution in [0.2, 0.25) is 0 Å². The molecular formula is C17H23NOS. The zero-order chi connectivity index (χ0) is 14.2. The first kappa shape index (κ1) is 14.1. The fourth-order valence-electron chi connectivity index (χ4n) is 3.14. The first-order valence-electron chi connectivity index (χ1n) is 7.40. The van der Waals surface area contributed by atoms with Crippen molar-refractivity contribution < 1.29 is 4.74 Å². The van der Waals surface area contributed by atoms with Gasteiger partial charge in [0.1, 0.15) is 0 Å². The quantitative estimate of drug-likeness (QED) is 0.842. The van der Waals surface area contributed by atoms with Gasteiger partial charge in [0.2, 0.25) is 0 Å². The largest absolute Gasteiger partial charge is 0.369 e. The van der Waals surface area contributed by atoms with Gasteiger partial charge in [-0.25, -0.2) is 0 Å². The van der Waals surface area contributed by atoms with Crippen molar-refractivity contribution in [2.75, 3.05) is 27.2 Å². The summed E-state index contributed by atoms with van der Waals surface area (Å²) in [6.07, 6.45) is 3.34. The Morgan fingerprint density at radius 3 is 2.90 bits per heavy atom. The molecule has 2 heterocycles. The van der Waals surface area contributed by atoms with Crippen molar-refractivity contribution in [3.8, 4) is 0 Å². The molecular weight excluding hydrogens is 266 g/mol. The number of hydrogen-bond acceptors (Lipinski definition) is 3. The van der Waals surface area contributed by atoms with E-state index in [0.29, 0.717) is 0 Å². The summed E-state index contributed by atoms with van der Waals surface area (Å²) in [7, 11) is 4.27. The van der Waals surface area contributed by atoms with Crippen LogP contribution in [-0.4, -0.2) is 32.1 Å². The molecule has 3 rings (SSSR count). The first-order valence-corrected chi connectivity index (χ1v) is 8.21. The highest BCUT2D eigenvalue weighted by atomic mass is 32.1. The summed E-state index contributed by atoms with van der Waals surface area (Å²) < 4.78 is 7.60. The van der Waals surface area contributed by atoms with Crippen LogP contribution in [0.3, 0.4) is 0 Å². The summed E-state index contributed by atoms with van der Waals surface area (Å²) in [6.45, 7) is 4.25. The van der Waals surface area contributed by atoms with Crippen LogP contribution in [0, 0.1) is 0 Å². The number of nitrogens with zero attached hydrogens (tertiary/aromatic N) is 1. The second-order valence-corrected chi connectivity index (χ2v) is 7.19. The standard InChI is InChI=1S/C17H23NOS/c1-17(10-6-11-18(2)3)16-14(9-12-19-17)13-7-4-5-8-15(13)20-16/h4-5,7-8H,6,9-12H2,1-3H3. The van der Waals surface area contributed by atoms with Gasteiger partial charge in [-0.05, 0) is 63.8 Å². The van der Waals surface area contributed by atoms with E-state index in [4.69, 9.17) is 4.74 Å². The van der Waals surface area contributed by atoms with Crippen LogP contribution in [0.5, 0.6) is 0 Å². The molecule has 1 unspecified atom stereocenters. The molecule has 0 N–H and O–H groups in total. The third-order valence-electron chi connectivity index (χ3n) is 4.21. The number of rotatable bonds is 4. The molecule has 2 nitrogen and oxygen atoms in total. The molecule has 1 atom stereocenters. The maximum atomic E-state index is 6.20. The van der Waals surface area contributed by atoms with E-state index in [-0.39, 0.29) is 5.60 Å². The maximum Gasteiger partial charge on any atom is 0.0998 e.